The lowest BCUT2D eigenvalue weighted by molar-refractivity contribution is 0.0946. The zero-order valence-corrected chi connectivity index (χ0v) is 11.7. The van der Waals surface area contributed by atoms with Crippen LogP contribution in [0, 0.1) is 13.8 Å². The number of nitrogens with zero attached hydrogens (tertiary/aromatic N) is 1. The van der Waals surface area contributed by atoms with Gasteiger partial charge in [0.1, 0.15) is 10.6 Å². The van der Waals surface area contributed by atoms with Gasteiger partial charge in [-0.05, 0) is 39.8 Å². The molecular formula is C13H16N2O2S. The Morgan fingerprint density at radius 2 is 2.11 bits per heavy atom. The van der Waals surface area contributed by atoms with Crippen molar-refractivity contribution in [3.05, 3.63) is 28.5 Å². The molecule has 0 aromatic carbocycles. The van der Waals surface area contributed by atoms with E-state index in [0.717, 1.165) is 16.5 Å². The zero-order chi connectivity index (χ0) is 13.3. The number of carbonyl (C=O) groups is 1. The van der Waals surface area contributed by atoms with Gasteiger partial charge in [0, 0.05) is 6.04 Å². The molecule has 1 amide bonds. The Bertz CT molecular complexity index is 569. The van der Waals surface area contributed by atoms with Crippen molar-refractivity contribution in [1.82, 2.24) is 10.3 Å². The van der Waals surface area contributed by atoms with Gasteiger partial charge in [-0.3, -0.25) is 4.79 Å². The Balaban J connectivity index is 2.29. The van der Waals surface area contributed by atoms with Crippen LogP contribution in [0.4, 0.5) is 0 Å². The van der Waals surface area contributed by atoms with Crippen LogP contribution in [0.5, 0.6) is 0 Å². The third-order valence-corrected chi connectivity index (χ3v) is 3.54. The summed E-state index contributed by atoms with van der Waals surface area (Å²) in [6.45, 7) is 7.59. The predicted octanol–water partition coefficient (Wildman–Crippen LogP) is 3.16. The quantitative estimate of drug-likeness (QED) is 0.926. The number of hydrogen-bond donors (Lipinski definition) is 1. The molecule has 2 aromatic heterocycles. The molecule has 0 bridgehead atoms. The topological polar surface area (TPSA) is 55.1 Å². The van der Waals surface area contributed by atoms with E-state index in [1.165, 1.54) is 11.3 Å². The lowest BCUT2D eigenvalue weighted by Gasteiger charge is -2.06. The van der Waals surface area contributed by atoms with Crippen LogP contribution < -0.4 is 5.32 Å². The van der Waals surface area contributed by atoms with Crippen LogP contribution in [0.1, 0.15) is 35.0 Å². The van der Waals surface area contributed by atoms with E-state index >= 15 is 0 Å². The summed E-state index contributed by atoms with van der Waals surface area (Å²) >= 11 is 1.36. The highest BCUT2D eigenvalue weighted by molar-refractivity contribution is 7.17. The second kappa shape index (κ2) is 4.94. The number of amides is 1. The van der Waals surface area contributed by atoms with E-state index in [1.54, 1.807) is 0 Å². The number of thiazole rings is 1. The summed E-state index contributed by atoms with van der Waals surface area (Å²) in [4.78, 5) is 17.0. The van der Waals surface area contributed by atoms with Crippen molar-refractivity contribution in [2.45, 2.75) is 33.7 Å². The van der Waals surface area contributed by atoms with Gasteiger partial charge in [0.2, 0.25) is 0 Å². The summed E-state index contributed by atoms with van der Waals surface area (Å²) in [7, 11) is 0. The fourth-order valence-corrected chi connectivity index (χ4v) is 2.52. The monoisotopic (exact) mass is 264 g/mol. The number of aryl methyl sites for hydroxylation is 2. The van der Waals surface area contributed by atoms with Crippen LogP contribution in [0.2, 0.25) is 0 Å². The highest BCUT2D eigenvalue weighted by Gasteiger charge is 2.18. The average Bonchev–Trinajstić information content (AvgIpc) is 2.83. The van der Waals surface area contributed by atoms with Crippen LogP contribution in [-0.2, 0) is 0 Å². The number of rotatable bonds is 3. The van der Waals surface area contributed by atoms with Gasteiger partial charge < -0.3 is 9.73 Å². The first-order valence-electron chi connectivity index (χ1n) is 5.82. The van der Waals surface area contributed by atoms with Gasteiger partial charge in [-0.1, -0.05) is 0 Å². The fraction of sp³-hybridized carbons (Fsp3) is 0.385. The second-order valence-corrected chi connectivity index (χ2v) is 5.47. The molecule has 0 aliphatic heterocycles. The van der Waals surface area contributed by atoms with Crippen molar-refractivity contribution in [2.24, 2.45) is 0 Å². The first-order valence-corrected chi connectivity index (χ1v) is 6.64. The molecule has 2 aromatic rings. The highest BCUT2D eigenvalue weighted by Crippen LogP contribution is 2.29. The lowest BCUT2D eigenvalue weighted by Crippen LogP contribution is -2.29. The number of carbonyl (C=O) groups excluding carboxylic acids is 1. The Hall–Kier alpha value is -1.62. The maximum absolute atomic E-state index is 12.0. The van der Waals surface area contributed by atoms with Crippen molar-refractivity contribution >= 4 is 17.2 Å². The van der Waals surface area contributed by atoms with Gasteiger partial charge in [0.25, 0.3) is 5.91 Å². The van der Waals surface area contributed by atoms with E-state index in [9.17, 15) is 4.79 Å². The minimum absolute atomic E-state index is 0.0745. The maximum Gasteiger partial charge on any atom is 0.263 e. The standard InChI is InChI=1S/C13H16N2O2S/c1-7(2)14-12(16)11-9(4)15-13(18-11)10-6-5-8(3)17-10/h5-7H,1-4H3,(H,14,16). The average molecular weight is 264 g/mol. The molecule has 0 unspecified atom stereocenters. The molecular weight excluding hydrogens is 248 g/mol. The summed E-state index contributed by atoms with van der Waals surface area (Å²) < 4.78 is 5.51. The SMILES string of the molecule is Cc1ccc(-c2nc(C)c(C(=O)NC(C)C)s2)o1. The molecule has 0 saturated heterocycles. The molecule has 0 fully saturated rings. The molecule has 0 atom stereocenters. The minimum atomic E-state index is -0.0745. The maximum atomic E-state index is 12.0. The molecule has 18 heavy (non-hydrogen) atoms. The lowest BCUT2D eigenvalue weighted by atomic mass is 10.3. The molecule has 1 N–H and O–H groups in total. The summed E-state index contributed by atoms with van der Waals surface area (Å²) in [6, 6.07) is 3.88. The molecule has 4 nitrogen and oxygen atoms in total. The number of nitrogens with one attached hydrogen (secondary N) is 1. The van der Waals surface area contributed by atoms with Crippen molar-refractivity contribution < 1.29 is 9.21 Å². The van der Waals surface area contributed by atoms with Crippen LogP contribution >= 0.6 is 11.3 Å². The van der Waals surface area contributed by atoms with Crippen LogP contribution in [0.25, 0.3) is 10.8 Å². The normalized spacial score (nSPS) is 10.9. The van der Waals surface area contributed by atoms with E-state index in [4.69, 9.17) is 4.42 Å². The molecule has 5 heteroatoms. The summed E-state index contributed by atoms with van der Waals surface area (Å²) in [6.07, 6.45) is 0. The number of hydrogen-bond acceptors (Lipinski definition) is 4. The van der Waals surface area contributed by atoms with Crippen molar-refractivity contribution in [3.63, 3.8) is 0 Å². The van der Waals surface area contributed by atoms with Gasteiger partial charge in [-0.15, -0.1) is 11.3 Å². The van der Waals surface area contributed by atoms with E-state index in [1.807, 2.05) is 39.8 Å². The van der Waals surface area contributed by atoms with E-state index in [-0.39, 0.29) is 11.9 Å². The van der Waals surface area contributed by atoms with Gasteiger partial charge in [-0.25, -0.2) is 4.98 Å². The van der Waals surface area contributed by atoms with Crippen LogP contribution in [0.15, 0.2) is 16.5 Å². The van der Waals surface area contributed by atoms with Crippen LogP contribution in [0.3, 0.4) is 0 Å². The van der Waals surface area contributed by atoms with Gasteiger partial charge >= 0.3 is 0 Å². The molecule has 2 heterocycles. The molecule has 0 aliphatic rings. The molecule has 0 saturated carbocycles. The largest absolute Gasteiger partial charge is 0.459 e. The van der Waals surface area contributed by atoms with E-state index in [0.29, 0.717) is 10.6 Å². The van der Waals surface area contributed by atoms with Gasteiger partial charge in [-0.2, -0.15) is 0 Å². The Labute approximate surface area is 110 Å². The molecule has 0 aliphatic carbocycles. The Morgan fingerprint density at radius 3 is 2.67 bits per heavy atom. The molecule has 0 radical (unpaired) electrons. The van der Waals surface area contributed by atoms with E-state index in [2.05, 4.69) is 10.3 Å². The summed E-state index contributed by atoms with van der Waals surface area (Å²) in [5.41, 5.74) is 0.738. The first kappa shape index (κ1) is 12.8. The number of aromatic nitrogens is 1. The molecule has 96 valence electrons. The van der Waals surface area contributed by atoms with Gasteiger partial charge in [0.15, 0.2) is 10.8 Å². The van der Waals surface area contributed by atoms with Gasteiger partial charge in [0.05, 0.1) is 5.69 Å². The Kier molecular flexibility index (Phi) is 3.52. The van der Waals surface area contributed by atoms with E-state index < -0.39 is 0 Å². The zero-order valence-electron chi connectivity index (χ0n) is 10.9. The molecule has 0 spiro atoms. The fourth-order valence-electron chi connectivity index (χ4n) is 1.59. The van der Waals surface area contributed by atoms with Crippen molar-refractivity contribution in [3.8, 4) is 10.8 Å². The van der Waals surface area contributed by atoms with Crippen LogP contribution in [-0.4, -0.2) is 16.9 Å². The molecule has 2 rings (SSSR count). The second-order valence-electron chi connectivity index (χ2n) is 4.47. The minimum Gasteiger partial charge on any atom is -0.459 e. The Morgan fingerprint density at radius 1 is 1.39 bits per heavy atom. The number of furan rings is 1. The van der Waals surface area contributed by atoms with Crippen molar-refractivity contribution in [1.29, 1.82) is 0 Å². The smallest absolute Gasteiger partial charge is 0.263 e. The third-order valence-electron chi connectivity index (χ3n) is 2.37. The summed E-state index contributed by atoms with van der Waals surface area (Å²) in [5.74, 6) is 1.48. The first-order chi connectivity index (χ1) is 8.47. The predicted molar refractivity (Wildman–Crippen MR) is 71.9 cm³/mol. The third kappa shape index (κ3) is 2.61. The summed E-state index contributed by atoms with van der Waals surface area (Å²) in [5, 5.41) is 3.62. The van der Waals surface area contributed by atoms with Crippen molar-refractivity contribution in [2.75, 3.05) is 0 Å². The highest BCUT2D eigenvalue weighted by atomic mass is 32.1.